The summed E-state index contributed by atoms with van der Waals surface area (Å²) in [5, 5.41) is 9.86. The van der Waals surface area contributed by atoms with Crippen LogP contribution in [0.25, 0.3) is 11.0 Å². The highest BCUT2D eigenvalue weighted by molar-refractivity contribution is 6.17. The molecule has 29 heavy (non-hydrogen) atoms. The Bertz CT molecular complexity index is 1040. The van der Waals surface area contributed by atoms with E-state index in [0.717, 1.165) is 19.4 Å². The average Bonchev–Trinajstić information content (AvgIpc) is 3.49. The summed E-state index contributed by atoms with van der Waals surface area (Å²) in [6.07, 6.45) is 2.62. The van der Waals surface area contributed by atoms with Crippen LogP contribution in [-0.2, 0) is 11.2 Å². The number of carbonyl (C=O) groups is 2. The van der Waals surface area contributed by atoms with E-state index in [4.69, 9.17) is 13.9 Å². The third kappa shape index (κ3) is 4.17. The Kier molecular flexibility index (Phi) is 5.36. The Morgan fingerprint density at radius 3 is 2.52 bits per heavy atom. The first-order chi connectivity index (χ1) is 14.1. The van der Waals surface area contributed by atoms with Gasteiger partial charge in [0.15, 0.2) is 5.78 Å². The van der Waals surface area contributed by atoms with Crippen molar-refractivity contribution in [2.24, 2.45) is 0 Å². The van der Waals surface area contributed by atoms with Gasteiger partial charge in [-0.15, -0.1) is 0 Å². The minimum Gasteiger partial charge on any atom is -0.491 e. The van der Waals surface area contributed by atoms with E-state index in [2.05, 4.69) is 6.92 Å². The number of carbonyl (C=O) groups excluding carboxylic acids is 1. The van der Waals surface area contributed by atoms with Crippen molar-refractivity contribution >= 4 is 22.7 Å². The molecule has 2 heterocycles. The zero-order valence-electron chi connectivity index (χ0n) is 16.1. The zero-order valence-corrected chi connectivity index (χ0v) is 16.1. The molecule has 3 aromatic rings. The molecule has 0 saturated carbocycles. The van der Waals surface area contributed by atoms with Gasteiger partial charge in [-0.1, -0.05) is 13.3 Å². The van der Waals surface area contributed by atoms with Crippen molar-refractivity contribution in [3.63, 3.8) is 0 Å². The van der Waals surface area contributed by atoms with Crippen molar-refractivity contribution in [1.82, 2.24) is 0 Å². The number of rotatable bonds is 9. The molecule has 1 aliphatic rings. The first-order valence-electron chi connectivity index (χ1n) is 9.74. The summed E-state index contributed by atoms with van der Waals surface area (Å²) >= 11 is 0. The topological polar surface area (TPSA) is 89.3 Å². The van der Waals surface area contributed by atoms with Crippen LogP contribution < -0.4 is 4.74 Å². The van der Waals surface area contributed by atoms with E-state index in [1.165, 1.54) is 12.1 Å². The van der Waals surface area contributed by atoms with Crippen molar-refractivity contribution in [3.8, 4) is 5.75 Å². The van der Waals surface area contributed by atoms with Gasteiger partial charge in [0.05, 0.1) is 17.7 Å². The van der Waals surface area contributed by atoms with Gasteiger partial charge in [0.1, 0.15) is 29.8 Å². The molecular weight excluding hydrogens is 372 g/mol. The van der Waals surface area contributed by atoms with E-state index in [-0.39, 0.29) is 17.5 Å². The van der Waals surface area contributed by atoms with Gasteiger partial charge in [0.2, 0.25) is 0 Å². The van der Waals surface area contributed by atoms with E-state index < -0.39 is 5.97 Å². The predicted octanol–water partition coefficient (Wildman–Crippen LogP) is 4.48. The first kappa shape index (κ1) is 19.2. The molecule has 2 aromatic carbocycles. The standard InChI is InChI=1S/C23H22O6/c1-2-3-4-20-21(18-11-15(23(25)26)7-10-19(18)29-20)22(24)14-5-8-16(9-6-14)27-12-17-13-28-17/h5-11,17H,2-4,12-13H2,1H3,(H,25,26). The smallest absolute Gasteiger partial charge is 0.335 e. The highest BCUT2D eigenvalue weighted by atomic mass is 16.6. The SMILES string of the molecule is CCCCc1oc2ccc(C(=O)O)cc2c1C(=O)c1ccc(OCC2CO2)cc1. The lowest BCUT2D eigenvalue weighted by Crippen LogP contribution is -2.06. The number of epoxide rings is 1. The summed E-state index contributed by atoms with van der Waals surface area (Å²) < 4.78 is 16.7. The Hall–Kier alpha value is -3.12. The number of hydrogen-bond donors (Lipinski definition) is 1. The van der Waals surface area contributed by atoms with Crippen LogP contribution in [0.4, 0.5) is 0 Å². The normalized spacial score (nSPS) is 15.4. The van der Waals surface area contributed by atoms with Gasteiger partial charge in [0, 0.05) is 17.4 Å². The highest BCUT2D eigenvalue weighted by Crippen LogP contribution is 2.31. The number of aryl methyl sites for hydroxylation is 1. The van der Waals surface area contributed by atoms with Crippen LogP contribution in [0.15, 0.2) is 46.9 Å². The lowest BCUT2D eigenvalue weighted by atomic mass is 9.97. The summed E-state index contributed by atoms with van der Waals surface area (Å²) in [5.41, 5.74) is 1.59. The lowest BCUT2D eigenvalue weighted by Gasteiger charge is -2.06. The number of fused-ring (bicyclic) bond motifs is 1. The highest BCUT2D eigenvalue weighted by Gasteiger charge is 2.24. The quantitative estimate of drug-likeness (QED) is 0.425. The number of hydrogen-bond acceptors (Lipinski definition) is 5. The van der Waals surface area contributed by atoms with Crippen LogP contribution in [0.3, 0.4) is 0 Å². The molecule has 1 aliphatic heterocycles. The average molecular weight is 394 g/mol. The van der Waals surface area contributed by atoms with Gasteiger partial charge in [-0.25, -0.2) is 4.79 Å². The fraction of sp³-hybridized carbons (Fsp3) is 0.304. The van der Waals surface area contributed by atoms with Crippen molar-refractivity contribution in [3.05, 3.63) is 64.9 Å². The number of furan rings is 1. The van der Waals surface area contributed by atoms with Crippen LogP contribution in [0, 0.1) is 0 Å². The van der Waals surface area contributed by atoms with Crippen molar-refractivity contribution < 1.29 is 28.6 Å². The monoisotopic (exact) mass is 394 g/mol. The summed E-state index contributed by atoms with van der Waals surface area (Å²) in [6, 6.07) is 11.6. The Morgan fingerprint density at radius 2 is 1.86 bits per heavy atom. The molecule has 1 N–H and O–H groups in total. The fourth-order valence-corrected chi connectivity index (χ4v) is 3.24. The molecule has 1 fully saturated rings. The fourth-order valence-electron chi connectivity index (χ4n) is 3.24. The van der Waals surface area contributed by atoms with Gasteiger partial charge in [-0.3, -0.25) is 4.79 Å². The molecule has 6 heteroatoms. The van der Waals surface area contributed by atoms with Crippen molar-refractivity contribution in [2.45, 2.75) is 32.3 Å². The second-order valence-electron chi connectivity index (χ2n) is 7.14. The van der Waals surface area contributed by atoms with Crippen LogP contribution in [-0.4, -0.2) is 36.2 Å². The van der Waals surface area contributed by atoms with E-state index >= 15 is 0 Å². The summed E-state index contributed by atoms with van der Waals surface area (Å²) in [6.45, 7) is 3.29. The predicted molar refractivity (Wildman–Crippen MR) is 107 cm³/mol. The molecule has 1 saturated heterocycles. The summed E-state index contributed by atoms with van der Waals surface area (Å²) in [7, 11) is 0. The van der Waals surface area contributed by atoms with Gasteiger partial charge < -0.3 is 19.0 Å². The van der Waals surface area contributed by atoms with Crippen molar-refractivity contribution in [2.75, 3.05) is 13.2 Å². The van der Waals surface area contributed by atoms with Gasteiger partial charge in [0.25, 0.3) is 0 Å². The molecule has 1 aromatic heterocycles. The van der Waals surface area contributed by atoms with Crippen LogP contribution >= 0.6 is 0 Å². The van der Waals surface area contributed by atoms with Crippen molar-refractivity contribution in [1.29, 1.82) is 0 Å². The Labute approximate surface area is 168 Å². The molecule has 4 rings (SSSR count). The number of benzene rings is 2. The number of carboxylic acids is 1. The zero-order chi connectivity index (χ0) is 20.4. The van der Waals surface area contributed by atoms with Crippen LogP contribution in [0.2, 0.25) is 0 Å². The molecule has 0 radical (unpaired) electrons. The minimum absolute atomic E-state index is 0.125. The molecule has 0 bridgehead atoms. The van der Waals surface area contributed by atoms with Crippen LogP contribution in [0.1, 0.15) is 51.8 Å². The molecule has 0 aliphatic carbocycles. The number of carboxylic acid groups (broad SMARTS) is 1. The second-order valence-corrected chi connectivity index (χ2v) is 7.14. The molecule has 150 valence electrons. The largest absolute Gasteiger partial charge is 0.491 e. The summed E-state index contributed by atoms with van der Waals surface area (Å²) in [4.78, 5) is 24.7. The molecule has 6 nitrogen and oxygen atoms in total. The number of ether oxygens (including phenoxy) is 2. The number of aromatic carboxylic acids is 1. The molecule has 1 unspecified atom stereocenters. The maximum absolute atomic E-state index is 13.3. The van der Waals surface area contributed by atoms with E-state index in [1.54, 1.807) is 30.3 Å². The van der Waals surface area contributed by atoms with Gasteiger partial charge in [-0.2, -0.15) is 0 Å². The molecule has 0 amide bonds. The van der Waals surface area contributed by atoms with E-state index in [0.29, 0.717) is 46.6 Å². The number of unbranched alkanes of at least 4 members (excludes halogenated alkanes) is 1. The number of ketones is 1. The van der Waals surface area contributed by atoms with Gasteiger partial charge in [-0.05, 0) is 48.9 Å². The third-order valence-corrected chi connectivity index (χ3v) is 4.95. The van der Waals surface area contributed by atoms with Crippen LogP contribution in [0.5, 0.6) is 5.75 Å². The van der Waals surface area contributed by atoms with Gasteiger partial charge >= 0.3 is 5.97 Å². The second kappa shape index (κ2) is 8.09. The minimum atomic E-state index is -1.04. The molecular formula is C23H22O6. The summed E-state index contributed by atoms with van der Waals surface area (Å²) in [5.74, 6) is 0.0475. The Balaban J connectivity index is 1.68. The van der Waals surface area contributed by atoms with E-state index in [1.807, 2.05) is 0 Å². The maximum atomic E-state index is 13.3. The maximum Gasteiger partial charge on any atom is 0.335 e. The molecule has 1 atom stereocenters. The third-order valence-electron chi connectivity index (χ3n) is 4.95. The van der Waals surface area contributed by atoms with E-state index in [9.17, 15) is 14.7 Å². The molecule has 0 spiro atoms. The Morgan fingerprint density at radius 1 is 1.14 bits per heavy atom. The lowest BCUT2D eigenvalue weighted by molar-refractivity contribution is 0.0696. The first-order valence-corrected chi connectivity index (χ1v) is 9.74.